The van der Waals surface area contributed by atoms with E-state index in [-0.39, 0.29) is 29.0 Å². The number of carbonyl (C=O) groups is 1. The number of nitro groups is 1. The molecule has 1 fully saturated rings. The SMILES string of the molecule is CC(C)(C)OC(=O)NC1=NC2(c3cc([N+](=O)[O-])cc4c3OC(F)(F)O4)COCCC2CS1. The number of halogens is 2. The minimum Gasteiger partial charge on any atom is -0.444 e. The minimum atomic E-state index is -3.97. The third-order valence-corrected chi connectivity index (χ3v) is 6.14. The second-order valence-corrected chi connectivity index (χ2v) is 9.57. The fourth-order valence-corrected chi connectivity index (χ4v) is 5.01. The van der Waals surface area contributed by atoms with Crippen LogP contribution in [0.3, 0.4) is 0 Å². The van der Waals surface area contributed by atoms with E-state index in [9.17, 15) is 23.7 Å². The molecule has 1 aromatic carbocycles. The summed E-state index contributed by atoms with van der Waals surface area (Å²) in [5.41, 5.74) is -2.44. The second kappa shape index (κ2) is 7.73. The number of non-ortho nitro benzene ring substituents is 1. The number of ether oxygens (including phenoxy) is 4. The number of amides is 1. The van der Waals surface area contributed by atoms with Gasteiger partial charge in [0.2, 0.25) is 0 Å². The molecule has 3 heterocycles. The van der Waals surface area contributed by atoms with Crippen LogP contribution in [0.25, 0.3) is 0 Å². The van der Waals surface area contributed by atoms with Gasteiger partial charge in [-0.25, -0.2) is 9.79 Å². The Bertz CT molecular complexity index is 998. The van der Waals surface area contributed by atoms with Crippen molar-refractivity contribution in [1.29, 1.82) is 0 Å². The predicted molar refractivity (Wildman–Crippen MR) is 109 cm³/mol. The van der Waals surface area contributed by atoms with Gasteiger partial charge in [-0.2, -0.15) is 0 Å². The Morgan fingerprint density at radius 2 is 2.12 bits per heavy atom. The van der Waals surface area contributed by atoms with Gasteiger partial charge in [-0.15, -0.1) is 8.78 Å². The monoisotopic (exact) mass is 473 g/mol. The molecule has 0 saturated carbocycles. The zero-order valence-corrected chi connectivity index (χ0v) is 18.3. The Morgan fingerprint density at radius 1 is 1.38 bits per heavy atom. The molecule has 13 heteroatoms. The normalized spacial score (nSPS) is 26.0. The van der Waals surface area contributed by atoms with Crippen LogP contribution in [-0.2, 0) is 15.0 Å². The number of rotatable bonds is 2. The maximum Gasteiger partial charge on any atom is 0.586 e. The number of hydrogen-bond acceptors (Lipinski definition) is 9. The Morgan fingerprint density at radius 3 is 2.81 bits per heavy atom. The second-order valence-electron chi connectivity index (χ2n) is 8.56. The van der Waals surface area contributed by atoms with Crippen LogP contribution in [0.5, 0.6) is 11.5 Å². The van der Waals surface area contributed by atoms with Crippen LogP contribution < -0.4 is 14.8 Å². The van der Waals surface area contributed by atoms with E-state index in [0.29, 0.717) is 18.8 Å². The summed E-state index contributed by atoms with van der Waals surface area (Å²) in [6, 6.07) is 2.03. The fourth-order valence-electron chi connectivity index (χ4n) is 3.82. The number of nitro benzene ring substituents is 1. The van der Waals surface area contributed by atoms with Crippen molar-refractivity contribution in [1.82, 2.24) is 5.32 Å². The average Bonchev–Trinajstić information content (AvgIpc) is 2.98. The molecular weight excluding hydrogens is 452 g/mol. The molecule has 0 bridgehead atoms. The summed E-state index contributed by atoms with van der Waals surface area (Å²) in [4.78, 5) is 27.7. The van der Waals surface area contributed by atoms with E-state index in [2.05, 4.69) is 15.0 Å². The molecular formula is C19H21F2N3O7S. The van der Waals surface area contributed by atoms with E-state index >= 15 is 0 Å². The van der Waals surface area contributed by atoms with Crippen molar-refractivity contribution in [3.8, 4) is 11.5 Å². The molecule has 1 saturated heterocycles. The van der Waals surface area contributed by atoms with Crippen molar-refractivity contribution in [2.45, 2.75) is 44.6 Å². The zero-order valence-electron chi connectivity index (χ0n) is 17.5. The van der Waals surface area contributed by atoms with Crippen molar-refractivity contribution < 1.29 is 37.4 Å². The number of hydrogen-bond donors (Lipinski definition) is 1. The van der Waals surface area contributed by atoms with Crippen LogP contribution in [0.15, 0.2) is 17.1 Å². The highest BCUT2D eigenvalue weighted by atomic mass is 32.2. The van der Waals surface area contributed by atoms with Crippen LogP contribution in [0.4, 0.5) is 19.3 Å². The van der Waals surface area contributed by atoms with Gasteiger partial charge in [-0.3, -0.25) is 15.4 Å². The molecule has 0 aliphatic carbocycles. The molecule has 1 N–H and O–H groups in total. The molecule has 0 aromatic heterocycles. The van der Waals surface area contributed by atoms with E-state index in [1.807, 2.05) is 0 Å². The molecule has 10 nitrogen and oxygen atoms in total. The number of nitrogens with zero attached hydrogens (tertiary/aromatic N) is 2. The summed E-state index contributed by atoms with van der Waals surface area (Å²) < 4.78 is 47.9. The number of thioether (sulfide) groups is 1. The zero-order chi connectivity index (χ0) is 23.3. The molecule has 0 radical (unpaired) electrons. The lowest BCUT2D eigenvalue weighted by molar-refractivity contribution is -0.385. The smallest absolute Gasteiger partial charge is 0.444 e. The molecule has 2 atom stereocenters. The number of alkyl halides is 2. The standard InChI is InChI=1S/C19H21F2N3O7S/c1-17(2,3)31-16(25)22-15-23-18(9-28-5-4-10(18)8-32-15)12-6-11(24(26)27)7-13-14(12)30-19(20,21)29-13/h6-7,10H,4-5,8-9H2,1-3H3,(H,22,23,25). The van der Waals surface area contributed by atoms with Gasteiger partial charge in [0.25, 0.3) is 5.69 Å². The summed E-state index contributed by atoms with van der Waals surface area (Å²) in [5.74, 6) is -0.530. The quantitative estimate of drug-likeness (QED) is 0.509. The molecule has 2 unspecified atom stereocenters. The summed E-state index contributed by atoms with van der Waals surface area (Å²) in [6.07, 6.45) is -4.17. The van der Waals surface area contributed by atoms with Gasteiger partial charge in [0.05, 0.1) is 17.6 Å². The van der Waals surface area contributed by atoms with E-state index in [1.54, 1.807) is 20.8 Å². The first-order chi connectivity index (χ1) is 14.9. The molecule has 3 aliphatic heterocycles. The van der Waals surface area contributed by atoms with Crippen molar-refractivity contribution in [3.63, 3.8) is 0 Å². The highest BCUT2D eigenvalue weighted by Gasteiger charge is 2.53. The highest BCUT2D eigenvalue weighted by molar-refractivity contribution is 8.13. The predicted octanol–water partition coefficient (Wildman–Crippen LogP) is 3.78. The number of nitrogens with one attached hydrogen (secondary N) is 1. The summed E-state index contributed by atoms with van der Waals surface area (Å²) in [6.45, 7) is 5.50. The number of alkyl carbamates (subject to hydrolysis) is 1. The van der Waals surface area contributed by atoms with Crippen molar-refractivity contribution in [3.05, 3.63) is 27.8 Å². The lowest BCUT2D eigenvalue weighted by Crippen LogP contribution is -2.49. The maximum atomic E-state index is 13.9. The third kappa shape index (κ3) is 4.31. The molecule has 4 rings (SSSR count). The van der Waals surface area contributed by atoms with Gasteiger partial charge in [-0.05, 0) is 27.2 Å². The first kappa shape index (κ1) is 22.5. The van der Waals surface area contributed by atoms with Gasteiger partial charge in [0.1, 0.15) is 11.1 Å². The average molecular weight is 473 g/mol. The number of amidine groups is 1. The largest absolute Gasteiger partial charge is 0.586 e. The topological polar surface area (TPSA) is 122 Å². The van der Waals surface area contributed by atoms with Crippen LogP contribution in [0.1, 0.15) is 32.8 Å². The van der Waals surface area contributed by atoms with E-state index in [0.717, 1.165) is 12.1 Å². The van der Waals surface area contributed by atoms with E-state index in [4.69, 9.17) is 14.2 Å². The Labute approximate surface area is 185 Å². The third-order valence-electron chi connectivity index (χ3n) is 5.10. The number of carbonyl (C=O) groups excluding carboxylic acids is 1. The van der Waals surface area contributed by atoms with Crippen LogP contribution in [-0.4, -0.2) is 47.0 Å². The maximum absolute atomic E-state index is 13.9. The van der Waals surface area contributed by atoms with E-state index in [1.165, 1.54) is 11.8 Å². The number of aliphatic imine (C=N–C) groups is 1. The van der Waals surface area contributed by atoms with Crippen molar-refractivity contribution in [2.75, 3.05) is 19.0 Å². The minimum absolute atomic E-state index is 0.0414. The lowest BCUT2D eigenvalue weighted by Gasteiger charge is -2.44. The van der Waals surface area contributed by atoms with Crippen LogP contribution in [0, 0.1) is 16.0 Å². The Balaban J connectivity index is 1.80. The molecule has 32 heavy (non-hydrogen) atoms. The molecule has 0 spiro atoms. The number of fused-ring (bicyclic) bond motifs is 2. The molecule has 1 aromatic rings. The molecule has 174 valence electrons. The van der Waals surface area contributed by atoms with Gasteiger partial charge in [0.15, 0.2) is 16.7 Å². The van der Waals surface area contributed by atoms with Crippen LogP contribution in [0.2, 0.25) is 0 Å². The summed E-state index contributed by atoms with van der Waals surface area (Å²) >= 11 is 1.27. The molecule has 3 aliphatic rings. The van der Waals surface area contributed by atoms with E-state index < -0.39 is 39.9 Å². The first-order valence-electron chi connectivity index (χ1n) is 9.78. The van der Waals surface area contributed by atoms with Gasteiger partial charge < -0.3 is 18.9 Å². The lowest BCUT2D eigenvalue weighted by atomic mass is 9.76. The van der Waals surface area contributed by atoms with Crippen molar-refractivity contribution >= 4 is 28.7 Å². The summed E-state index contributed by atoms with van der Waals surface area (Å²) in [5, 5.41) is 14.2. The van der Waals surface area contributed by atoms with Crippen molar-refractivity contribution in [2.24, 2.45) is 10.9 Å². The van der Waals surface area contributed by atoms with Gasteiger partial charge >= 0.3 is 12.4 Å². The summed E-state index contributed by atoms with van der Waals surface area (Å²) in [7, 11) is 0. The molecule has 1 amide bonds. The Kier molecular flexibility index (Phi) is 5.44. The van der Waals surface area contributed by atoms with Gasteiger partial charge in [0, 0.05) is 29.9 Å². The number of benzene rings is 1. The Hall–Kier alpha value is -2.67. The fraction of sp³-hybridized carbons (Fsp3) is 0.579. The first-order valence-corrected chi connectivity index (χ1v) is 10.8. The highest BCUT2D eigenvalue weighted by Crippen LogP contribution is 2.54. The van der Waals surface area contributed by atoms with Crippen LogP contribution >= 0.6 is 11.8 Å². The van der Waals surface area contributed by atoms with Gasteiger partial charge in [-0.1, -0.05) is 11.8 Å².